The monoisotopic (exact) mass is 340 g/mol. The maximum atomic E-state index is 6.48. The van der Waals surface area contributed by atoms with Gasteiger partial charge >= 0.3 is 0 Å². The molecule has 21 heavy (non-hydrogen) atoms. The van der Waals surface area contributed by atoms with Gasteiger partial charge in [0.1, 0.15) is 0 Å². The van der Waals surface area contributed by atoms with Crippen LogP contribution in [0.3, 0.4) is 0 Å². The molecule has 1 unspecified atom stereocenters. The Bertz CT molecular complexity index is 620. The van der Waals surface area contributed by atoms with Gasteiger partial charge in [0.25, 0.3) is 0 Å². The summed E-state index contributed by atoms with van der Waals surface area (Å²) in [5.74, 6) is 0. The molecular formula is C16H18Cl2N2S. The third-order valence-corrected chi connectivity index (χ3v) is 5.46. The molecule has 1 aromatic carbocycles. The maximum absolute atomic E-state index is 6.48. The molecule has 0 spiro atoms. The average molecular weight is 341 g/mol. The fraction of sp³-hybridized carbons (Fsp3) is 0.375. The summed E-state index contributed by atoms with van der Waals surface area (Å²) in [5, 5.41) is 7.04. The minimum Gasteiger partial charge on any atom is -0.314 e. The van der Waals surface area contributed by atoms with Crippen LogP contribution in [0.1, 0.15) is 22.0 Å². The van der Waals surface area contributed by atoms with E-state index in [0.29, 0.717) is 5.02 Å². The van der Waals surface area contributed by atoms with E-state index in [1.165, 1.54) is 10.4 Å². The van der Waals surface area contributed by atoms with Gasteiger partial charge in [-0.25, -0.2) is 0 Å². The van der Waals surface area contributed by atoms with Gasteiger partial charge in [-0.3, -0.25) is 4.90 Å². The number of nitrogens with one attached hydrogen (secondary N) is 1. The quantitative estimate of drug-likeness (QED) is 0.892. The van der Waals surface area contributed by atoms with E-state index in [4.69, 9.17) is 23.2 Å². The molecule has 0 bridgehead atoms. The highest BCUT2D eigenvalue weighted by Crippen LogP contribution is 2.37. The summed E-state index contributed by atoms with van der Waals surface area (Å²) >= 11 is 14.3. The topological polar surface area (TPSA) is 15.3 Å². The van der Waals surface area contributed by atoms with Gasteiger partial charge in [-0.15, -0.1) is 11.3 Å². The van der Waals surface area contributed by atoms with Crippen molar-refractivity contribution in [3.63, 3.8) is 0 Å². The minimum atomic E-state index is 0.218. The van der Waals surface area contributed by atoms with E-state index in [0.717, 1.165) is 36.8 Å². The number of rotatable bonds is 3. The van der Waals surface area contributed by atoms with Crippen LogP contribution in [0.2, 0.25) is 10.0 Å². The molecule has 1 aliphatic heterocycles. The Morgan fingerprint density at radius 1 is 1.19 bits per heavy atom. The molecule has 2 heterocycles. The van der Waals surface area contributed by atoms with E-state index in [2.05, 4.69) is 34.7 Å². The molecule has 1 fully saturated rings. The Kier molecular flexibility index (Phi) is 4.87. The molecule has 5 heteroatoms. The number of halogens is 2. The minimum absolute atomic E-state index is 0.218. The lowest BCUT2D eigenvalue weighted by Crippen LogP contribution is -2.45. The summed E-state index contributed by atoms with van der Waals surface area (Å²) in [6.45, 7) is 6.23. The highest BCUT2D eigenvalue weighted by Gasteiger charge is 2.26. The van der Waals surface area contributed by atoms with Crippen LogP contribution < -0.4 is 5.32 Å². The fourth-order valence-electron chi connectivity index (χ4n) is 2.79. The Labute approximate surface area is 139 Å². The molecule has 1 atom stereocenters. The van der Waals surface area contributed by atoms with E-state index < -0.39 is 0 Å². The first-order valence-corrected chi connectivity index (χ1v) is 8.73. The fourth-order valence-corrected chi connectivity index (χ4v) is 4.35. The van der Waals surface area contributed by atoms with Crippen molar-refractivity contribution in [1.29, 1.82) is 0 Å². The number of benzene rings is 1. The van der Waals surface area contributed by atoms with Gasteiger partial charge in [-0.1, -0.05) is 29.3 Å². The van der Waals surface area contributed by atoms with Crippen molar-refractivity contribution >= 4 is 34.5 Å². The zero-order chi connectivity index (χ0) is 14.8. The SMILES string of the molecule is Cc1csc(C(c2ccc(Cl)cc2Cl)N2CCNCC2)c1. The first kappa shape index (κ1) is 15.3. The highest BCUT2D eigenvalue weighted by molar-refractivity contribution is 7.10. The van der Waals surface area contributed by atoms with Gasteiger partial charge < -0.3 is 5.32 Å². The van der Waals surface area contributed by atoms with Crippen LogP contribution in [0, 0.1) is 6.92 Å². The first-order chi connectivity index (χ1) is 10.1. The zero-order valence-electron chi connectivity index (χ0n) is 11.9. The second-order valence-electron chi connectivity index (χ2n) is 5.38. The first-order valence-electron chi connectivity index (χ1n) is 7.10. The standard InChI is InChI=1S/C16H18Cl2N2S/c1-11-8-15(21-10-11)16(20-6-4-19-5-7-20)13-3-2-12(17)9-14(13)18/h2-3,8-10,16,19H,4-7H2,1H3. The molecule has 1 N–H and O–H groups in total. The van der Waals surface area contributed by atoms with Crippen LogP contribution in [-0.4, -0.2) is 31.1 Å². The maximum Gasteiger partial charge on any atom is 0.0711 e. The molecule has 1 saturated heterocycles. The van der Waals surface area contributed by atoms with Crippen molar-refractivity contribution in [3.8, 4) is 0 Å². The Morgan fingerprint density at radius 3 is 2.57 bits per heavy atom. The molecule has 112 valence electrons. The van der Waals surface area contributed by atoms with E-state index >= 15 is 0 Å². The molecule has 0 saturated carbocycles. The second-order valence-corrected chi connectivity index (χ2v) is 7.17. The van der Waals surface area contributed by atoms with E-state index in [1.807, 2.05) is 12.1 Å². The number of hydrogen-bond acceptors (Lipinski definition) is 3. The van der Waals surface area contributed by atoms with Crippen LogP contribution in [-0.2, 0) is 0 Å². The summed E-state index contributed by atoms with van der Waals surface area (Å²) in [7, 11) is 0. The van der Waals surface area contributed by atoms with Gasteiger partial charge in [0, 0.05) is 41.1 Å². The molecule has 0 radical (unpaired) electrons. The second kappa shape index (κ2) is 6.67. The smallest absolute Gasteiger partial charge is 0.0711 e. The molecular weight excluding hydrogens is 323 g/mol. The normalized spacial score (nSPS) is 17.9. The van der Waals surface area contributed by atoms with Crippen LogP contribution in [0.4, 0.5) is 0 Å². The summed E-state index contributed by atoms with van der Waals surface area (Å²) in [4.78, 5) is 3.84. The Morgan fingerprint density at radius 2 is 1.95 bits per heavy atom. The van der Waals surface area contributed by atoms with Crippen LogP contribution in [0.15, 0.2) is 29.6 Å². The van der Waals surface area contributed by atoms with Gasteiger partial charge in [0.15, 0.2) is 0 Å². The van der Waals surface area contributed by atoms with Gasteiger partial charge in [0.05, 0.1) is 6.04 Å². The summed E-state index contributed by atoms with van der Waals surface area (Å²) in [6, 6.07) is 8.32. The number of aryl methyl sites for hydroxylation is 1. The number of hydrogen-bond donors (Lipinski definition) is 1. The lowest BCUT2D eigenvalue weighted by Gasteiger charge is -2.35. The third kappa shape index (κ3) is 3.43. The number of piperazine rings is 1. The molecule has 1 aromatic heterocycles. The van der Waals surface area contributed by atoms with Crippen LogP contribution >= 0.6 is 34.5 Å². The predicted octanol–water partition coefficient (Wildman–Crippen LogP) is 4.36. The summed E-state index contributed by atoms with van der Waals surface area (Å²) in [6.07, 6.45) is 0. The van der Waals surface area contributed by atoms with Crippen molar-refractivity contribution in [1.82, 2.24) is 10.2 Å². The van der Waals surface area contributed by atoms with E-state index in [1.54, 1.807) is 11.3 Å². The van der Waals surface area contributed by atoms with E-state index in [-0.39, 0.29) is 6.04 Å². The summed E-state index contributed by atoms with van der Waals surface area (Å²) < 4.78 is 0. The lowest BCUT2D eigenvalue weighted by atomic mass is 10.0. The van der Waals surface area contributed by atoms with Crippen molar-refractivity contribution in [2.45, 2.75) is 13.0 Å². The largest absolute Gasteiger partial charge is 0.314 e. The average Bonchev–Trinajstić information content (AvgIpc) is 2.89. The van der Waals surface area contributed by atoms with Crippen molar-refractivity contribution in [3.05, 3.63) is 55.7 Å². The molecule has 3 rings (SSSR count). The Hall–Kier alpha value is -0.580. The van der Waals surface area contributed by atoms with Crippen molar-refractivity contribution in [2.75, 3.05) is 26.2 Å². The lowest BCUT2D eigenvalue weighted by molar-refractivity contribution is 0.200. The van der Waals surface area contributed by atoms with Gasteiger partial charge in [0.2, 0.25) is 0 Å². The van der Waals surface area contributed by atoms with Gasteiger partial charge in [-0.2, -0.15) is 0 Å². The molecule has 1 aliphatic rings. The van der Waals surface area contributed by atoms with Crippen molar-refractivity contribution in [2.24, 2.45) is 0 Å². The predicted molar refractivity (Wildman–Crippen MR) is 91.8 cm³/mol. The number of thiophene rings is 1. The zero-order valence-corrected chi connectivity index (χ0v) is 14.2. The third-order valence-electron chi connectivity index (χ3n) is 3.79. The van der Waals surface area contributed by atoms with Crippen molar-refractivity contribution < 1.29 is 0 Å². The number of nitrogens with zero attached hydrogens (tertiary/aromatic N) is 1. The van der Waals surface area contributed by atoms with Gasteiger partial charge in [-0.05, 0) is 41.6 Å². The molecule has 0 amide bonds. The Balaban J connectivity index is 2.02. The molecule has 2 aromatic rings. The molecule has 2 nitrogen and oxygen atoms in total. The van der Waals surface area contributed by atoms with E-state index in [9.17, 15) is 0 Å². The van der Waals surface area contributed by atoms with Crippen LogP contribution in [0.5, 0.6) is 0 Å². The molecule has 0 aliphatic carbocycles. The highest BCUT2D eigenvalue weighted by atomic mass is 35.5. The summed E-state index contributed by atoms with van der Waals surface area (Å²) in [5.41, 5.74) is 2.45. The van der Waals surface area contributed by atoms with Crippen LogP contribution in [0.25, 0.3) is 0 Å².